The summed E-state index contributed by atoms with van der Waals surface area (Å²) in [7, 11) is 0. The molecular weight excluding hydrogens is 397 g/mol. The maximum Gasteiger partial charge on any atom is 0.325 e. The number of ether oxygens (including phenoxy) is 2. The van der Waals surface area contributed by atoms with Gasteiger partial charge in [0.1, 0.15) is 17.3 Å². The molecule has 0 aliphatic heterocycles. The van der Waals surface area contributed by atoms with E-state index in [-0.39, 0.29) is 23.6 Å². The highest BCUT2D eigenvalue weighted by Crippen LogP contribution is 2.23. The van der Waals surface area contributed by atoms with Crippen molar-refractivity contribution in [2.24, 2.45) is 0 Å². The Morgan fingerprint density at radius 3 is 2.48 bits per heavy atom. The maximum atomic E-state index is 13.0. The van der Waals surface area contributed by atoms with E-state index < -0.39 is 0 Å². The van der Waals surface area contributed by atoms with Gasteiger partial charge in [-0.3, -0.25) is 4.79 Å². The molecule has 0 atom stereocenters. The Morgan fingerprint density at radius 1 is 0.871 bits per heavy atom. The van der Waals surface area contributed by atoms with Gasteiger partial charge in [-0.1, -0.05) is 36.4 Å². The van der Waals surface area contributed by atoms with Crippen molar-refractivity contribution >= 4 is 5.91 Å². The van der Waals surface area contributed by atoms with E-state index in [2.05, 4.69) is 15.3 Å². The largest absolute Gasteiger partial charge is 0.439 e. The molecule has 1 N–H and O–H groups in total. The van der Waals surface area contributed by atoms with Gasteiger partial charge in [-0.2, -0.15) is 4.98 Å². The fourth-order valence-corrected chi connectivity index (χ4v) is 2.74. The molecule has 0 bridgehead atoms. The number of carbonyl (C=O) groups excluding carboxylic acids is 1. The van der Waals surface area contributed by atoms with Gasteiger partial charge in [-0.05, 0) is 48.0 Å². The Morgan fingerprint density at radius 2 is 1.68 bits per heavy atom. The van der Waals surface area contributed by atoms with Crippen molar-refractivity contribution < 1.29 is 18.7 Å². The monoisotopic (exact) mass is 415 g/mol. The molecule has 1 aromatic heterocycles. The van der Waals surface area contributed by atoms with Crippen LogP contribution in [0.1, 0.15) is 15.9 Å². The van der Waals surface area contributed by atoms with Crippen molar-refractivity contribution in [1.82, 2.24) is 15.3 Å². The van der Waals surface area contributed by atoms with Gasteiger partial charge in [0.2, 0.25) is 5.88 Å². The van der Waals surface area contributed by atoms with Crippen LogP contribution in [0.2, 0.25) is 0 Å². The van der Waals surface area contributed by atoms with E-state index in [1.54, 1.807) is 30.3 Å². The number of nitrogens with one attached hydrogen (secondary N) is 1. The molecule has 0 fully saturated rings. The molecule has 0 spiro atoms. The third kappa shape index (κ3) is 5.63. The number of carbonyl (C=O) groups is 1. The fourth-order valence-electron chi connectivity index (χ4n) is 2.74. The van der Waals surface area contributed by atoms with Gasteiger partial charge in [0.05, 0.1) is 0 Å². The zero-order valence-corrected chi connectivity index (χ0v) is 16.4. The Hall–Kier alpha value is -4.26. The van der Waals surface area contributed by atoms with Crippen LogP contribution in [-0.2, 0) is 6.54 Å². The van der Waals surface area contributed by atoms with E-state index in [4.69, 9.17) is 9.47 Å². The summed E-state index contributed by atoms with van der Waals surface area (Å²) in [5, 5.41) is 2.87. The molecule has 154 valence electrons. The van der Waals surface area contributed by atoms with Gasteiger partial charge >= 0.3 is 6.01 Å². The van der Waals surface area contributed by atoms with E-state index in [1.807, 2.05) is 30.3 Å². The number of amides is 1. The number of hydrogen-bond acceptors (Lipinski definition) is 5. The van der Waals surface area contributed by atoms with Crippen LogP contribution in [0.25, 0.3) is 0 Å². The lowest BCUT2D eigenvalue weighted by molar-refractivity contribution is 0.0950. The summed E-state index contributed by atoms with van der Waals surface area (Å²) in [6.45, 7) is 0.427. The smallest absolute Gasteiger partial charge is 0.325 e. The second-order valence-electron chi connectivity index (χ2n) is 6.53. The zero-order valence-electron chi connectivity index (χ0n) is 16.4. The molecule has 6 nitrogen and oxygen atoms in total. The standard InChI is InChI=1S/C24H18FN3O3/c25-19-9-11-20(12-10-19)30-22-13-14-26-24(28-22)31-21-8-4-7-18(15-21)23(29)27-16-17-5-2-1-3-6-17/h1-15H,16H2,(H,27,29). The minimum absolute atomic E-state index is 0.0569. The number of nitrogens with zero attached hydrogens (tertiary/aromatic N) is 2. The molecule has 31 heavy (non-hydrogen) atoms. The summed E-state index contributed by atoms with van der Waals surface area (Å²) >= 11 is 0. The quantitative estimate of drug-likeness (QED) is 0.453. The zero-order chi connectivity index (χ0) is 21.5. The highest BCUT2D eigenvalue weighted by Gasteiger charge is 2.09. The Bertz CT molecular complexity index is 1170. The summed E-state index contributed by atoms with van der Waals surface area (Å²) in [4.78, 5) is 20.7. The highest BCUT2D eigenvalue weighted by atomic mass is 19.1. The number of aromatic nitrogens is 2. The highest BCUT2D eigenvalue weighted by molar-refractivity contribution is 5.94. The minimum atomic E-state index is -0.355. The number of rotatable bonds is 7. The molecule has 0 saturated heterocycles. The van der Waals surface area contributed by atoms with Crippen molar-refractivity contribution in [3.8, 4) is 23.4 Å². The van der Waals surface area contributed by atoms with Crippen molar-refractivity contribution in [2.45, 2.75) is 6.54 Å². The Labute approximate surface area is 178 Å². The molecule has 0 unspecified atom stereocenters. The van der Waals surface area contributed by atoms with E-state index >= 15 is 0 Å². The average Bonchev–Trinajstić information content (AvgIpc) is 2.80. The number of benzene rings is 3. The van der Waals surface area contributed by atoms with E-state index in [1.165, 1.54) is 30.5 Å². The van der Waals surface area contributed by atoms with Gasteiger partial charge in [-0.15, -0.1) is 0 Å². The topological polar surface area (TPSA) is 73.3 Å². The lowest BCUT2D eigenvalue weighted by atomic mass is 10.2. The van der Waals surface area contributed by atoms with Crippen LogP contribution >= 0.6 is 0 Å². The molecule has 3 aromatic carbocycles. The van der Waals surface area contributed by atoms with Crippen molar-refractivity contribution in [1.29, 1.82) is 0 Å². The molecular formula is C24H18FN3O3. The predicted octanol–water partition coefficient (Wildman–Crippen LogP) is 5.13. The molecule has 0 aliphatic rings. The summed E-state index contributed by atoms with van der Waals surface area (Å²) in [6.07, 6.45) is 1.48. The molecule has 1 heterocycles. The molecule has 0 radical (unpaired) electrons. The third-order valence-electron chi connectivity index (χ3n) is 4.25. The molecule has 0 saturated carbocycles. The first-order valence-corrected chi connectivity index (χ1v) is 9.52. The first-order valence-electron chi connectivity index (χ1n) is 9.52. The maximum absolute atomic E-state index is 13.0. The van der Waals surface area contributed by atoms with Gasteiger partial charge < -0.3 is 14.8 Å². The van der Waals surface area contributed by atoms with Gasteiger partial charge in [-0.25, -0.2) is 9.37 Å². The molecule has 4 aromatic rings. The van der Waals surface area contributed by atoms with Crippen molar-refractivity contribution in [2.75, 3.05) is 0 Å². The molecule has 7 heteroatoms. The van der Waals surface area contributed by atoms with Crippen LogP contribution in [0.15, 0.2) is 91.1 Å². The van der Waals surface area contributed by atoms with Gasteiger partial charge in [0.15, 0.2) is 0 Å². The summed E-state index contributed by atoms with van der Waals surface area (Å²) in [5.41, 5.74) is 1.46. The third-order valence-corrected chi connectivity index (χ3v) is 4.25. The van der Waals surface area contributed by atoms with E-state index in [0.29, 0.717) is 23.6 Å². The first-order chi connectivity index (χ1) is 15.2. The molecule has 0 aliphatic carbocycles. The Balaban J connectivity index is 1.41. The second kappa shape index (κ2) is 9.49. The van der Waals surface area contributed by atoms with Crippen LogP contribution in [0, 0.1) is 5.82 Å². The van der Waals surface area contributed by atoms with Gasteiger partial charge in [0, 0.05) is 24.4 Å². The number of hydrogen-bond donors (Lipinski definition) is 1. The normalized spacial score (nSPS) is 10.4. The van der Waals surface area contributed by atoms with E-state index in [0.717, 1.165) is 5.56 Å². The Kier molecular flexibility index (Phi) is 6.13. The SMILES string of the molecule is O=C(NCc1ccccc1)c1cccc(Oc2nccc(Oc3ccc(F)cc3)n2)c1. The van der Waals surface area contributed by atoms with E-state index in [9.17, 15) is 9.18 Å². The fraction of sp³-hybridized carbons (Fsp3) is 0.0417. The second-order valence-corrected chi connectivity index (χ2v) is 6.53. The predicted molar refractivity (Wildman–Crippen MR) is 113 cm³/mol. The van der Waals surface area contributed by atoms with Crippen LogP contribution in [-0.4, -0.2) is 15.9 Å². The lowest BCUT2D eigenvalue weighted by Gasteiger charge is -2.09. The van der Waals surface area contributed by atoms with Crippen LogP contribution < -0.4 is 14.8 Å². The van der Waals surface area contributed by atoms with Crippen LogP contribution in [0.5, 0.6) is 23.4 Å². The number of halogens is 1. The van der Waals surface area contributed by atoms with Gasteiger partial charge in [0.25, 0.3) is 5.91 Å². The van der Waals surface area contributed by atoms with Crippen molar-refractivity contribution in [3.63, 3.8) is 0 Å². The minimum Gasteiger partial charge on any atom is -0.439 e. The van der Waals surface area contributed by atoms with Crippen LogP contribution in [0.4, 0.5) is 4.39 Å². The first kappa shape index (κ1) is 20.0. The average molecular weight is 415 g/mol. The van der Waals surface area contributed by atoms with Crippen molar-refractivity contribution in [3.05, 3.63) is 108 Å². The summed E-state index contributed by atoms with van der Waals surface area (Å²) < 4.78 is 24.3. The summed E-state index contributed by atoms with van der Waals surface area (Å²) in [6, 6.07) is 23.6. The molecule has 1 amide bonds. The summed E-state index contributed by atoms with van der Waals surface area (Å²) in [5.74, 6) is 0.512. The molecule has 4 rings (SSSR count). The van der Waals surface area contributed by atoms with Crippen LogP contribution in [0.3, 0.4) is 0 Å². The lowest BCUT2D eigenvalue weighted by Crippen LogP contribution is -2.22.